The second-order valence-corrected chi connectivity index (χ2v) is 6.32. The fraction of sp³-hybridized carbons (Fsp3) is 0.250. The number of halogens is 3. The van der Waals surface area contributed by atoms with Crippen molar-refractivity contribution in [3.63, 3.8) is 0 Å². The van der Waals surface area contributed by atoms with Gasteiger partial charge in [-0.3, -0.25) is 0 Å². The van der Waals surface area contributed by atoms with E-state index >= 15 is 0 Å². The summed E-state index contributed by atoms with van der Waals surface area (Å²) in [6.07, 6.45) is 0.871. The molecule has 1 N–H and O–H groups in total. The number of hydrogen-bond acceptors (Lipinski definition) is 2. The molecule has 0 saturated heterocycles. The van der Waals surface area contributed by atoms with Crippen molar-refractivity contribution in [3.8, 4) is 5.75 Å². The highest BCUT2D eigenvalue weighted by molar-refractivity contribution is 9.10. The second kappa shape index (κ2) is 5.95. The van der Waals surface area contributed by atoms with Crippen molar-refractivity contribution in [1.29, 1.82) is 0 Å². The molecule has 0 fully saturated rings. The van der Waals surface area contributed by atoms with Crippen LogP contribution in [0, 0.1) is 5.82 Å². The van der Waals surface area contributed by atoms with Gasteiger partial charge in [0, 0.05) is 27.0 Å². The first kappa shape index (κ1) is 14.8. The van der Waals surface area contributed by atoms with Gasteiger partial charge >= 0.3 is 0 Å². The van der Waals surface area contributed by atoms with Crippen molar-refractivity contribution < 1.29 is 9.13 Å². The van der Waals surface area contributed by atoms with Gasteiger partial charge in [0.1, 0.15) is 11.6 Å². The number of nitrogens with one attached hydrogen (secondary N) is 1. The zero-order valence-electron chi connectivity index (χ0n) is 11.4. The summed E-state index contributed by atoms with van der Waals surface area (Å²) in [7, 11) is 1.80. The molecule has 0 radical (unpaired) electrons. The average molecular weight is 371 g/mol. The first-order chi connectivity index (χ1) is 10.1. The first-order valence-electron chi connectivity index (χ1n) is 6.67. The third-order valence-corrected chi connectivity index (χ3v) is 4.34. The normalized spacial score (nSPS) is 14.7. The van der Waals surface area contributed by atoms with E-state index in [0.717, 1.165) is 27.8 Å². The van der Waals surface area contributed by atoms with Gasteiger partial charge in [0.15, 0.2) is 0 Å². The number of rotatable bonds is 3. The molecule has 1 aliphatic heterocycles. The van der Waals surface area contributed by atoms with Gasteiger partial charge in [-0.05, 0) is 42.9 Å². The second-order valence-electron chi connectivity index (χ2n) is 4.97. The smallest absolute Gasteiger partial charge is 0.128 e. The van der Waals surface area contributed by atoms with Crippen LogP contribution in [0.5, 0.6) is 5.75 Å². The quantitative estimate of drug-likeness (QED) is 0.860. The van der Waals surface area contributed by atoms with Crippen LogP contribution in [0.1, 0.15) is 22.7 Å². The molecule has 1 atom stereocenters. The summed E-state index contributed by atoms with van der Waals surface area (Å²) in [5.74, 6) is 0.558. The molecule has 1 aliphatic rings. The van der Waals surface area contributed by atoms with Gasteiger partial charge in [-0.2, -0.15) is 0 Å². The van der Waals surface area contributed by atoms with E-state index in [2.05, 4.69) is 21.2 Å². The van der Waals surface area contributed by atoms with Gasteiger partial charge in [0.2, 0.25) is 0 Å². The number of fused-ring (bicyclic) bond motifs is 1. The van der Waals surface area contributed by atoms with Crippen LogP contribution in [0.25, 0.3) is 0 Å². The topological polar surface area (TPSA) is 21.3 Å². The standard InChI is InChI=1S/C16H14BrClFNO/c1-20-15(12-8-11(18)2-3-14(12)19)13-7-10(17)6-9-4-5-21-16(9)13/h2-3,6-8,15,20H,4-5H2,1H3. The van der Waals surface area contributed by atoms with E-state index in [1.165, 1.54) is 6.07 Å². The fourth-order valence-corrected chi connectivity index (χ4v) is 3.43. The molecule has 110 valence electrons. The molecule has 2 nitrogen and oxygen atoms in total. The Bertz CT molecular complexity index is 692. The highest BCUT2D eigenvalue weighted by Crippen LogP contribution is 2.39. The maximum absolute atomic E-state index is 14.2. The molecule has 2 aromatic carbocycles. The minimum Gasteiger partial charge on any atom is -0.493 e. The number of ether oxygens (including phenoxy) is 1. The Morgan fingerprint density at radius 2 is 2.10 bits per heavy atom. The van der Waals surface area contributed by atoms with Crippen molar-refractivity contribution >= 4 is 27.5 Å². The Hall–Kier alpha value is -1.10. The van der Waals surface area contributed by atoms with Crippen molar-refractivity contribution in [1.82, 2.24) is 5.32 Å². The molecule has 1 heterocycles. The molecule has 1 unspecified atom stereocenters. The molecule has 21 heavy (non-hydrogen) atoms. The van der Waals surface area contributed by atoms with E-state index in [1.54, 1.807) is 19.2 Å². The van der Waals surface area contributed by atoms with E-state index in [4.69, 9.17) is 16.3 Å². The Labute approximate surface area is 136 Å². The summed E-state index contributed by atoms with van der Waals surface area (Å²) in [4.78, 5) is 0. The van der Waals surface area contributed by atoms with Crippen molar-refractivity contribution in [2.24, 2.45) is 0 Å². The van der Waals surface area contributed by atoms with E-state index in [0.29, 0.717) is 17.2 Å². The van der Waals surface area contributed by atoms with Crippen LogP contribution < -0.4 is 10.1 Å². The molecular weight excluding hydrogens is 357 g/mol. The van der Waals surface area contributed by atoms with E-state index in [1.807, 2.05) is 12.1 Å². The Morgan fingerprint density at radius 3 is 2.86 bits per heavy atom. The zero-order valence-corrected chi connectivity index (χ0v) is 13.8. The number of hydrogen-bond donors (Lipinski definition) is 1. The lowest BCUT2D eigenvalue weighted by Gasteiger charge is -2.21. The monoisotopic (exact) mass is 369 g/mol. The largest absolute Gasteiger partial charge is 0.493 e. The highest BCUT2D eigenvalue weighted by atomic mass is 79.9. The van der Waals surface area contributed by atoms with Gasteiger partial charge < -0.3 is 10.1 Å². The van der Waals surface area contributed by atoms with Crippen LogP contribution in [0.15, 0.2) is 34.8 Å². The lowest BCUT2D eigenvalue weighted by atomic mass is 9.95. The van der Waals surface area contributed by atoms with Crippen molar-refractivity contribution in [2.75, 3.05) is 13.7 Å². The SMILES string of the molecule is CNC(c1cc(Cl)ccc1F)c1cc(Br)cc2c1OCC2. The molecule has 0 amide bonds. The van der Waals surface area contributed by atoms with Crippen LogP contribution in [0.3, 0.4) is 0 Å². The average Bonchev–Trinajstić information content (AvgIpc) is 2.91. The minimum atomic E-state index is -0.312. The summed E-state index contributed by atoms with van der Waals surface area (Å²) in [5.41, 5.74) is 2.57. The van der Waals surface area contributed by atoms with Gasteiger partial charge in [-0.25, -0.2) is 4.39 Å². The molecule has 0 aromatic heterocycles. The van der Waals surface area contributed by atoms with Crippen LogP contribution in [-0.4, -0.2) is 13.7 Å². The summed E-state index contributed by atoms with van der Waals surface area (Å²) < 4.78 is 20.9. The van der Waals surface area contributed by atoms with Gasteiger partial charge in [0.25, 0.3) is 0 Å². The Morgan fingerprint density at radius 1 is 1.29 bits per heavy atom. The van der Waals surface area contributed by atoms with Crippen LogP contribution in [-0.2, 0) is 6.42 Å². The molecule has 2 aromatic rings. The predicted molar refractivity (Wildman–Crippen MR) is 85.7 cm³/mol. The summed E-state index contributed by atoms with van der Waals surface area (Å²) in [6, 6.07) is 8.29. The van der Waals surface area contributed by atoms with Crippen LogP contribution in [0.4, 0.5) is 4.39 Å². The third kappa shape index (κ3) is 2.80. The molecule has 5 heteroatoms. The minimum absolute atomic E-state index is 0.287. The maximum Gasteiger partial charge on any atom is 0.128 e. The first-order valence-corrected chi connectivity index (χ1v) is 7.84. The Kier molecular flexibility index (Phi) is 4.20. The molecule has 3 rings (SSSR count). The molecular formula is C16H14BrClFNO. The van der Waals surface area contributed by atoms with Gasteiger partial charge in [0.05, 0.1) is 12.6 Å². The molecule has 0 bridgehead atoms. The summed E-state index contributed by atoms with van der Waals surface area (Å²) in [5, 5.41) is 3.67. The maximum atomic E-state index is 14.2. The van der Waals surface area contributed by atoms with E-state index in [-0.39, 0.29) is 11.9 Å². The van der Waals surface area contributed by atoms with Crippen LogP contribution >= 0.6 is 27.5 Å². The highest BCUT2D eigenvalue weighted by Gasteiger charge is 2.25. The molecule has 0 aliphatic carbocycles. The summed E-state index contributed by atoms with van der Waals surface area (Å²) in [6.45, 7) is 0.660. The zero-order chi connectivity index (χ0) is 15.0. The summed E-state index contributed by atoms with van der Waals surface area (Å²) >= 11 is 9.53. The van der Waals surface area contributed by atoms with Crippen molar-refractivity contribution in [2.45, 2.75) is 12.5 Å². The number of benzene rings is 2. The van der Waals surface area contributed by atoms with Crippen LogP contribution in [0.2, 0.25) is 5.02 Å². The van der Waals surface area contributed by atoms with E-state index in [9.17, 15) is 4.39 Å². The predicted octanol–water partition coefficient (Wildman–Crippen LogP) is 4.49. The lowest BCUT2D eigenvalue weighted by Crippen LogP contribution is -2.19. The van der Waals surface area contributed by atoms with Gasteiger partial charge in [-0.15, -0.1) is 0 Å². The van der Waals surface area contributed by atoms with Crippen molar-refractivity contribution in [3.05, 3.63) is 62.3 Å². The van der Waals surface area contributed by atoms with E-state index < -0.39 is 0 Å². The van der Waals surface area contributed by atoms with Gasteiger partial charge in [-0.1, -0.05) is 27.5 Å². The Balaban J connectivity index is 2.15. The lowest BCUT2D eigenvalue weighted by molar-refractivity contribution is 0.350. The fourth-order valence-electron chi connectivity index (χ4n) is 2.73. The molecule has 0 saturated carbocycles. The molecule has 0 spiro atoms. The third-order valence-electron chi connectivity index (χ3n) is 3.65.